The Kier molecular flexibility index (Phi) is 9.04. The van der Waals surface area contributed by atoms with Crippen molar-refractivity contribution in [1.29, 1.82) is 0 Å². The molecule has 8 heteroatoms. The molecule has 0 fully saturated rings. The number of hydrogen-bond donors (Lipinski definition) is 3. The first kappa shape index (κ1) is 22.5. The maximum absolute atomic E-state index is 11.4. The maximum Gasteiger partial charge on any atom is 0.224 e. The third-order valence-electron chi connectivity index (χ3n) is 4.46. The summed E-state index contributed by atoms with van der Waals surface area (Å²) in [5, 5.41) is 11.6. The first-order valence-corrected chi connectivity index (χ1v) is 10.1. The number of ether oxygens (including phenoxy) is 1. The molecule has 1 unspecified atom stereocenters. The van der Waals surface area contributed by atoms with Crippen LogP contribution in [0.2, 0.25) is 0 Å². The molecule has 1 aromatic carbocycles. The largest absolute Gasteiger partial charge is 0.492 e. The fourth-order valence-corrected chi connectivity index (χ4v) is 3.72. The monoisotopic (exact) mass is 514 g/mol. The van der Waals surface area contributed by atoms with Gasteiger partial charge in [0.15, 0.2) is 5.96 Å². The summed E-state index contributed by atoms with van der Waals surface area (Å²) >= 11 is 1.78. The number of fused-ring (bicyclic) bond motifs is 1. The SMILES string of the molecule is CN=C(NCCOc1ccc2c(c1)CCC(=O)N2)NCC(C)c1cccs1.I. The predicted molar refractivity (Wildman–Crippen MR) is 126 cm³/mol. The summed E-state index contributed by atoms with van der Waals surface area (Å²) in [6, 6.07) is 10.0. The lowest BCUT2D eigenvalue weighted by Crippen LogP contribution is -2.40. The molecule has 0 spiro atoms. The molecule has 1 atom stereocenters. The lowest BCUT2D eigenvalue weighted by molar-refractivity contribution is -0.116. The third kappa shape index (κ3) is 6.37. The Morgan fingerprint density at radius 3 is 2.93 bits per heavy atom. The van der Waals surface area contributed by atoms with E-state index >= 15 is 0 Å². The number of guanidine groups is 1. The minimum Gasteiger partial charge on any atom is -0.492 e. The van der Waals surface area contributed by atoms with Gasteiger partial charge in [0.1, 0.15) is 12.4 Å². The minimum absolute atomic E-state index is 0. The van der Waals surface area contributed by atoms with Crippen LogP contribution in [0.3, 0.4) is 0 Å². The lowest BCUT2D eigenvalue weighted by atomic mass is 10.0. The number of carbonyl (C=O) groups excluding carboxylic acids is 1. The molecule has 0 saturated carbocycles. The van der Waals surface area contributed by atoms with Crippen molar-refractivity contribution in [3.05, 3.63) is 46.2 Å². The molecule has 3 N–H and O–H groups in total. The summed E-state index contributed by atoms with van der Waals surface area (Å²) in [4.78, 5) is 17.0. The number of benzene rings is 1. The van der Waals surface area contributed by atoms with Crippen molar-refractivity contribution in [2.45, 2.75) is 25.7 Å². The summed E-state index contributed by atoms with van der Waals surface area (Å²) in [5.41, 5.74) is 2.02. The standard InChI is InChI=1S/C20H26N4O2S.HI/c1-14(18-4-3-11-27-18)13-23-20(21-2)22-9-10-26-16-6-7-17-15(12-16)5-8-19(25)24-17;/h3-4,6-7,11-12,14H,5,8-10,13H2,1-2H3,(H,24,25)(H2,21,22,23);1H. The Hall–Kier alpha value is -1.81. The van der Waals surface area contributed by atoms with Crippen LogP contribution in [0.25, 0.3) is 0 Å². The van der Waals surface area contributed by atoms with Gasteiger partial charge in [-0.1, -0.05) is 13.0 Å². The number of aryl methyl sites for hydroxylation is 1. The van der Waals surface area contributed by atoms with E-state index in [2.05, 4.69) is 45.4 Å². The van der Waals surface area contributed by atoms with Crippen LogP contribution >= 0.6 is 35.3 Å². The van der Waals surface area contributed by atoms with Crippen LogP contribution in [0.1, 0.15) is 29.7 Å². The number of nitrogens with zero attached hydrogens (tertiary/aromatic N) is 1. The molecule has 0 aliphatic carbocycles. The number of carbonyl (C=O) groups is 1. The number of halogens is 1. The average molecular weight is 514 g/mol. The third-order valence-corrected chi connectivity index (χ3v) is 5.57. The Morgan fingerprint density at radius 2 is 2.18 bits per heavy atom. The summed E-state index contributed by atoms with van der Waals surface area (Å²) in [7, 11) is 1.77. The molecule has 1 amide bonds. The fraction of sp³-hybridized carbons (Fsp3) is 0.400. The predicted octanol–water partition coefficient (Wildman–Crippen LogP) is 3.60. The van der Waals surface area contributed by atoms with Crippen molar-refractivity contribution in [2.75, 3.05) is 32.1 Å². The summed E-state index contributed by atoms with van der Waals surface area (Å²) < 4.78 is 5.82. The van der Waals surface area contributed by atoms with Crippen LogP contribution in [-0.2, 0) is 11.2 Å². The van der Waals surface area contributed by atoms with Gasteiger partial charge in [-0.15, -0.1) is 35.3 Å². The minimum atomic E-state index is 0. The van der Waals surface area contributed by atoms with E-state index in [-0.39, 0.29) is 29.9 Å². The van der Waals surface area contributed by atoms with Crippen LogP contribution in [0.15, 0.2) is 40.7 Å². The van der Waals surface area contributed by atoms with Gasteiger partial charge in [-0.3, -0.25) is 9.79 Å². The van der Waals surface area contributed by atoms with Crippen LogP contribution in [0, 0.1) is 0 Å². The van der Waals surface area contributed by atoms with Gasteiger partial charge in [0.25, 0.3) is 0 Å². The molecule has 0 saturated heterocycles. The highest BCUT2D eigenvalue weighted by molar-refractivity contribution is 14.0. The van der Waals surface area contributed by atoms with Crippen molar-refractivity contribution in [1.82, 2.24) is 10.6 Å². The van der Waals surface area contributed by atoms with E-state index in [9.17, 15) is 4.79 Å². The Labute approximate surface area is 187 Å². The molecule has 152 valence electrons. The number of aliphatic imine (C=N–C) groups is 1. The molecule has 0 radical (unpaired) electrons. The normalized spacial score (nSPS) is 14.4. The van der Waals surface area contributed by atoms with Gasteiger partial charge in [0.05, 0.1) is 6.54 Å². The fourth-order valence-electron chi connectivity index (χ4n) is 2.93. The van der Waals surface area contributed by atoms with Gasteiger partial charge in [0.2, 0.25) is 5.91 Å². The van der Waals surface area contributed by atoms with E-state index in [0.717, 1.165) is 35.9 Å². The number of rotatable bonds is 7. The molecule has 2 aromatic rings. The average Bonchev–Trinajstić information content (AvgIpc) is 3.22. The Morgan fingerprint density at radius 1 is 1.32 bits per heavy atom. The second kappa shape index (κ2) is 11.3. The van der Waals surface area contributed by atoms with Crippen LogP contribution in [0.4, 0.5) is 5.69 Å². The highest BCUT2D eigenvalue weighted by Crippen LogP contribution is 2.26. The molecule has 1 aliphatic heterocycles. The second-order valence-corrected chi connectivity index (χ2v) is 7.49. The van der Waals surface area contributed by atoms with Crippen molar-refractivity contribution in [3.8, 4) is 5.75 Å². The lowest BCUT2D eigenvalue weighted by Gasteiger charge is -2.18. The molecule has 1 aromatic heterocycles. The zero-order valence-corrected chi connectivity index (χ0v) is 19.3. The summed E-state index contributed by atoms with van der Waals surface area (Å²) in [6.45, 7) is 4.22. The van der Waals surface area contributed by atoms with Crippen LogP contribution in [-0.4, -0.2) is 38.6 Å². The molecule has 0 bridgehead atoms. The molecule has 3 rings (SSSR count). The number of amides is 1. The Balaban J connectivity index is 0.00000280. The van der Waals surface area contributed by atoms with E-state index in [4.69, 9.17) is 4.74 Å². The van der Waals surface area contributed by atoms with Gasteiger partial charge >= 0.3 is 0 Å². The van der Waals surface area contributed by atoms with E-state index in [0.29, 0.717) is 25.5 Å². The quantitative estimate of drug-likeness (QED) is 0.229. The molecule has 6 nitrogen and oxygen atoms in total. The number of anilines is 1. The van der Waals surface area contributed by atoms with E-state index in [1.165, 1.54) is 4.88 Å². The molecule has 2 heterocycles. The van der Waals surface area contributed by atoms with Gasteiger partial charge < -0.3 is 20.7 Å². The van der Waals surface area contributed by atoms with Gasteiger partial charge in [0, 0.05) is 36.5 Å². The van der Waals surface area contributed by atoms with Gasteiger partial charge in [-0.25, -0.2) is 0 Å². The topological polar surface area (TPSA) is 74.8 Å². The summed E-state index contributed by atoms with van der Waals surface area (Å²) in [6.07, 6.45) is 1.29. The first-order chi connectivity index (χ1) is 13.2. The van der Waals surface area contributed by atoms with E-state index in [1.54, 1.807) is 18.4 Å². The van der Waals surface area contributed by atoms with Crippen molar-refractivity contribution in [2.24, 2.45) is 4.99 Å². The highest BCUT2D eigenvalue weighted by Gasteiger charge is 2.15. The maximum atomic E-state index is 11.4. The number of hydrogen-bond acceptors (Lipinski definition) is 4. The van der Waals surface area contributed by atoms with Crippen LogP contribution < -0.4 is 20.7 Å². The molecule has 1 aliphatic rings. The highest BCUT2D eigenvalue weighted by atomic mass is 127. The zero-order valence-electron chi connectivity index (χ0n) is 16.2. The van der Waals surface area contributed by atoms with Crippen molar-refractivity contribution in [3.63, 3.8) is 0 Å². The van der Waals surface area contributed by atoms with Crippen molar-refractivity contribution < 1.29 is 9.53 Å². The van der Waals surface area contributed by atoms with Crippen LogP contribution in [0.5, 0.6) is 5.75 Å². The molecular formula is C20H27IN4O2S. The molecule has 28 heavy (non-hydrogen) atoms. The number of nitrogens with one attached hydrogen (secondary N) is 3. The summed E-state index contributed by atoms with van der Waals surface area (Å²) in [5.74, 6) is 2.11. The molecular weight excluding hydrogens is 487 g/mol. The van der Waals surface area contributed by atoms with Gasteiger partial charge in [-0.05, 0) is 41.6 Å². The zero-order chi connectivity index (χ0) is 19.1. The first-order valence-electron chi connectivity index (χ1n) is 9.19. The van der Waals surface area contributed by atoms with E-state index in [1.807, 2.05) is 18.2 Å². The number of thiophene rings is 1. The van der Waals surface area contributed by atoms with E-state index < -0.39 is 0 Å². The van der Waals surface area contributed by atoms with Crippen molar-refractivity contribution >= 4 is 52.9 Å². The smallest absolute Gasteiger partial charge is 0.224 e. The van der Waals surface area contributed by atoms with Gasteiger partial charge in [-0.2, -0.15) is 0 Å². The Bertz CT molecular complexity index is 796. The second-order valence-electron chi connectivity index (χ2n) is 6.51.